The first-order valence-electron chi connectivity index (χ1n) is 12.5. The number of rotatable bonds is 7. The third-order valence-corrected chi connectivity index (χ3v) is 7.78. The number of aryl methyl sites for hydroxylation is 1. The Labute approximate surface area is 203 Å². The maximum atomic E-state index is 14.2. The van der Waals surface area contributed by atoms with Crippen molar-refractivity contribution >= 4 is 17.5 Å². The highest BCUT2D eigenvalue weighted by Gasteiger charge is 2.63. The molecule has 0 unspecified atom stereocenters. The fourth-order valence-corrected chi connectivity index (χ4v) is 5.63. The third kappa shape index (κ3) is 4.70. The van der Waals surface area contributed by atoms with Crippen molar-refractivity contribution in [3.8, 4) is 0 Å². The van der Waals surface area contributed by atoms with E-state index in [1.54, 1.807) is 6.26 Å². The van der Waals surface area contributed by atoms with Crippen molar-refractivity contribution < 1.29 is 14.0 Å². The van der Waals surface area contributed by atoms with Crippen molar-refractivity contribution in [1.82, 2.24) is 4.90 Å². The molecule has 0 saturated heterocycles. The Balaban J connectivity index is 1.70. The van der Waals surface area contributed by atoms with Gasteiger partial charge in [0.05, 0.1) is 18.7 Å². The molecule has 1 heterocycles. The molecule has 2 fully saturated rings. The monoisotopic (exact) mass is 462 g/mol. The molecular formula is C29H38N2O3. The van der Waals surface area contributed by atoms with Gasteiger partial charge in [0.15, 0.2) is 0 Å². The van der Waals surface area contributed by atoms with Crippen molar-refractivity contribution in [3.05, 3.63) is 65.6 Å². The molecule has 2 amide bonds. The van der Waals surface area contributed by atoms with E-state index < -0.39 is 5.54 Å². The molecule has 4 rings (SSSR count). The van der Waals surface area contributed by atoms with Crippen LogP contribution in [0.5, 0.6) is 0 Å². The summed E-state index contributed by atoms with van der Waals surface area (Å²) < 4.78 is 5.67. The highest BCUT2D eigenvalue weighted by Crippen LogP contribution is 2.60. The summed E-state index contributed by atoms with van der Waals surface area (Å²) in [5.74, 6) is 0.727. The van der Waals surface area contributed by atoms with Crippen molar-refractivity contribution in [2.24, 2.45) is 17.3 Å². The van der Waals surface area contributed by atoms with Crippen LogP contribution in [0.2, 0.25) is 0 Å². The second-order valence-corrected chi connectivity index (χ2v) is 11.0. The third-order valence-electron chi connectivity index (χ3n) is 7.78. The molecule has 0 radical (unpaired) electrons. The molecule has 5 heteroatoms. The summed E-state index contributed by atoms with van der Waals surface area (Å²) in [6, 6.07) is 11.6. The fraction of sp³-hybridized carbons (Fsp3) is 0.517. The zero-order chi connectivity index (χ0) is 24.5. The first-order chi connectivity index (χ1) is 16.1. The molecule has 2 aliphatic rings. The van der Waals surface area contributed by atoms with Gasteiger partial charge in [0.25, 0.3) is 0 Å². The highest BCUT2D eigenvalue weighted by molar-refractivity contribution is 6.01. The quantitative estimate of drug-likeness (QED) is 0.478. The lowest BCUT2D eigenvalue weighted by Crippen LogP contribution is -2.60. The van der Waals surface area contributed by atoms with Gasteiger partial charge in [-0.2, -0.15) is 0 Å². The fourth-order valence-electron chi connectivity index (χ4n) is 5.63. The van der Waals surface area contributed by atoms with Crippen LogP contribution in [0.3, 0.4) is 0 Å². The summed E-state index contributed by atoms with van der Waals surface area (Å²) in [7, 11) is 0. The Kier molecular flexibility index (Phi) is 6.75. The van der Waals surface area contributed by atoms with Crippen LogP contribution in [0, 0.1) is 24.2 Å². The topological polar surface area (TPSA) is 62.6 Å². The van der Waals surface area contributed by atoms with Gasteiger partial charge in [0.2, 0.25) is 11.8 Å². The average Bonchev–Trinajstić information content (AvgIpc) is 3.13. The van der Waals surface area contributed by atoms with Crippen molar-refractivity contribution in [3.63, 3.8) is 0 Å². The van der Waals surface area contributed by atoms with E-state index in [0.29, 0.717) is 25.1 Å². The molecule has 0 spiro atoms. The number of anilines is 1. The van der Waals surface area contributed by atoms with Gasteiger partial charge in [-0.3, -0.25) is 9.59 Å². The number of furan rings is 1. The van der Waals surface area contributed by atoms with Crippen LogP contribution in [-0.2, 0) is 16.1 Å². The highest BCUT2D eigenvalue weighted by atomic mass is 16.3. The van der Waals surface area contributed by atoms with E-state index in [2.05, 4.69) is 39.1 Å². The lowest BCUT2D eigenvalue weighted by molar-refractivity contribution is -0.151. The van der Waals surface area contributed by atoms with Gasteiger partial charge in [-0.25, -0.2) is 0 Å². The second-order valence-electron chi connectivity index (χ2n) is 11.0. The number of hydrogen-bond donors (Lipinski definition) is 1. The molecule has 1 aromatic carbocycles. The molecule has 2 aliphatic carbocycles. The number of carbonyl (C=O) groups excluding carboxylic acids is 2. The SMILES string of the molecule is CC(C)=C[C@@H]1[C@@H](C(=O)N(Cc2ccco2)C2(C(=O)Nc3ccc(C)cc3)CCCCC2)C1(C)C. The van der Waals surface area contributed by atoms with Crippen molar-refractivity contribution in [2.45, 2.75) is 78.8 Å². The van der Waals surface area contributed by atoms with Crippen LogP contribution in [-0.4, -0.2) is 22.3 Å². The predicted octanol–water partition coefficient (Wildman–Crippen LogP) is 6.50. The lowest BCUT2D eigenvalue weighted by atomic mass is 9.78. The largest absolute Gasteiger partial charge is 0.467 e. The van der Waals surface area contributed by atoms with Crippen molar-refractivity contribution in [2.75, 3.05) is 5.32 Å². The van der Waals surface area contributed by atoms with E-state index in [1.165, 1.54) is 5.57 Å². The molecule has 1 aromatic heterocycles. The van der Waals surface area contributed by atoms with Gasteiger partial charge in [-0.15, -0.1) is 0 Å². The molecule has 34 heavy (non-hydrogen) atoms. The molecular weight excluding hydrogens is 424 g/mol. The van der Waals surface area contributed by atoms with Crippen LogP contribution in [0.1, 0.15) is 71.1 Å². The number of carbonyl (C=O) groups is 2. The van der Waals surface area contributed by atoms with E-state index in [0.717, 1.165) is 30.5 Å². The molecule has 1 N–H and O–H groups in total. The van der Waals surface area contributed by atoms with Gasteiger partial charge in [0, 0.05) is 5.69 Å². The Morgan fingerprint density at radius 3 is 2.35 bits per heavy atom. The zero-order valence-electron chi connectivity index (χ0n) is 21.2. The van der Waals surface area contributed by atoms with E-state index in [-0.39, 0.29) is 29.1 Å². The minimum Gasteiger partial charge on any atom is -0.467 e. The molecule has 2 aromatic rings. The summed E-state index contributed by atoms with van der Waals surface area (Å²) in [4.78, 5) is 30.0. The Hall–Kier alpha value is -2.82. The Bertz CT molecular complexity index is 1040. The van der Waals surface area contributed by atoms with Crippen LogP contribution >= 0.6 is 0 Å². The maximum absolute atomic E-state index is 14.2. The summed E-state index contributed by atoms with van der Waals surface area (Å²) in [6.07, 6.45) is 8.11. The van der Waals surface area contributed by atoms with Gasteiger partial charge in [0.1, 0.15) is 11.3 Å². The van der Waals surface area contributed by atoms with E-state index >= 15 is 0 Å². The molecule has 2 atom stereocenters. The molecule has 5 nitrogen and oxygen atoms in total. The van der Waals surface area contributed by atoms with E-state index in [1.807, 2.05) is 48.2 Å². The number of hydrogen-bond acceptors (Lipinski definition) is 3. The van der Waals surface area contributed by atoms with Gasteiger partial charge in [-0.1, -0.05) is 62.5 Å². The van der Waals surface area contributed by atoms with Gasteiger partial charge < -0.3 is 14.6 Å². The number of allylic oxidation sites excluding steroid dienone is 2. The smallest absolute Gasteiger partial charge is 0.250 e. The second kappa shape index (κ2) is 9.44. The van der Waals surface area contributed by atoms with Gasteiger partial charge >= 0.3 is 0 Å². The number of nitrogens with one attached hydrogen (secondary N) is 1. The van der Waals surface area contributed by atoms with Crippen LogP contribution in [0.4, 0.5) is 5.69 Å². The Morgan fingerprint density at radius 2 is 1.76 bits per heavy atom. The number of amides is 2. The maximum Gasteiger partial charge on any atom is 0.250 e. The summed E-state index contributed by atoms with van der Waals surface area (Å²) in [5, 5.41) is 3.14. The van der Waals surface area contributed by atoms with Crippen LogP contribution in [0.25, 0.3) is 0 Å². The summed E-state index contributed by atoms with van der Waals surface area (Å²) >= 11 is 0. The minimum atomic E-state index is -0.888. The minimum absolute atomic E-state index is 0.0601. The normalized spacial score (nSPS) is 22.5. The van der Waals surface area contributed by atoms with Gasteiger partial charge in [-0.05, 0) is 69.2 Å². The molecule has 0 bridgehead atoms. The van der Waals surface area contributed by atoms with Crippen LogP contribution < -0.4 is 5.32 Å². The summed E-state index contributed by atoms with van der Waals surface area (Å²) in [5.41, 5.74) is 2.11. The predicted molar refractivity (Wildman–Crippen MR) is 135 cm³/mol. The average molecular weight is 463 g/mol. The molecule has 0 aliphatic heterocycles. The summed E-state index contributed by atoms with van der Waals surface area (Å²) in [6.45, 7) is 10.8. The number of nitrogens with zero attached hydrogens (tertiary/aromatic N) is 1. The Morgan fingerprint density at radius 1 is 1.09 bits per heavy atom. The first-order valence-corrected chi connectivity index (χ1v) is 12.5. The molecule has 2 saturated carbocycles. The van der Waals surface area contributed by atoms with Crippen LogP contribution in [0.15, 0.2) is 58.7 Å². The lowest BCUT2D eigenvalue weighted by Gasteiger charge is -2.45. The number of benzene rings is 1. The van der Waals surface area contributed by atoms with E-state index in [9.17, 15) is 9.59 Å². The zero-order valence-corrected chi connectivity index (χ0v) is 21.2. The van der Waals surface area contributed by atoms with Crippen molar-refractivity contribution in [1.29, 1.82) is 0 Å². The van der Waals surface area contributed by atoms with E-state index in [4.69, 9.17) is 4.42 Å². The molecule has 182 valence electrons. The standard InChI is InChI=1S/C29H38N2O3/c1-20(2)18-24-25(28(24,4)5)26(32)31(19-23-10-9-17-34-23)29(15-7-6-8-16-29)27(33)30-22-13-11-21(3)12-14-22/h9-14,17-18,24-25H,6-8,15-16,19H2,1-5H3,(H,30,33)/t24-,25+/m1/s1. The first kappa shape index (κ1) is 24.3.